The second-order valence-corrected chi connectivity index (χ2v) is 11.7. The molecule has 0 bridgehead atoms. The molecule has 5 unspecified atom stereocenters. The maximum atomic E-state index is 13.2. The van der Waals surface area contributed by atoms with E-state index < -0.39 is 30.3 Å². The first-order valence-electron chi connectivity index (χ1n) is 14.8. The third kappa shape index (κ3) is 6.07. The lowest BCUT2D eigenvalue weighted by atomic mass is 9.88. The number of aliphatic hydroxyl groups excluding tert-OH is 2. The Hall–Kier alpha value is -4.03. The summed E-state index contributed by atoms with van der Waals surface area (Å²) in [7, 11) is 0. The number of piperazine rings is 1. The molecule has 5 atom stereocenters. The average molecular weight is 587 g/mol. The lowest BCUT2D eigenvalue weighted by Gasteiger charge is -2.38. The zero-order valence-corrected chi connectivity index (χ0v) is 23.9. The first kappa shape index (κ1) is 29.1. The third-order valence-corrected chi connectivity index (χ3v) is 8.99. The van der Waals surface area contributed by atoms with Crippen molar-refractivity contribution < 1.29 is 24.6 Å². The van der Waals surface area contributed by atoms with Gasteiger partial charge in [0.1, 0.15) is 12.5 Å². The molecule has 226 valence electrons. The molecule has 3 heterocycles. The molecule has 1 aliphatic carbocycles. The number of benzene rings is 2. The Balaban J connectivity index is 1.00. The van der Waals surface area contributed by atoms with Crippen LogP contribution in [0.1, 0.15) is 34.3 Å². The van der Waals surface area contributed by atoms with E-state index in [1.54, 1.807) is 18.2 Å². The number of allylic oxidation sites excluding steroid dienone is 2. The van der Waals surface area contributed by atoms with Gasteiger partial charge in [0.2, 0.25) is 11.8 Å². The molecule has 0 aromatic heterocycles. The fraction of sp³-hybridized carbons (Fsp3) is 0.406. The van der Waals surface area contributed by atoms with Crippen LogP contribution in [-0.4, -0.2) is 88.5 Å². The molecule has 3 fully saturated rings. The minimum absolute atomic E-state index is 0.197. The molecule has 6 rings (SSSR count). The van der Waals surface area contributed by atoms with Crippen molar-refractivity contribution in [1.82, 2.24) is 20.4 Å². The summed E-state index contributed by atoms with van der Waals surface area (Å²) in [6, 6.07) is 15.0. The van der Waals surface area contributed by atoms with Gasteiger partial charge in [-0.15, -0.1) is 0 Å². The van der Waals surface area contributed by atoms with Crippen LogP contribution in [0.3, 0.4) is 0 Å². The molecule has 2 aromatic carbocycles. The number of hydrogen-bond donors (Lipinski definition) is 5. The number of nitrogens with zero attached hydrogens (tertiary/aromatic N) is 3. The molecule has 3 amide bonds. The van der Waals surface area contributed by atoms with E-state index in [0.29, 0.717) is 24.1 Å². The predicted octanol–water partition coefficient (Wildman–Crippen LogP) is 0.436. The molecule has 43 heavy (non-hydrogen) atoms. The quantitative estimate of drug-likeness (QED) is 0.299. The highest BCUT2D eigenvalue weighted by Crippen LogP contribution is 2.38. The van der Waals surface area contributed by atoms with Crippen molar-refractivity contribution in [2.75, 3.05) is 31.1 Å². The number of piperidine rings is 1. The van der Waals surface area contributed by atoms with Crippen molar-refractivity contribution >= 4 is 23.4 Å². The Bertz CT molecular complexity index is 1420. The van der Waals surface area contributed by atoms with Gasteiger partial charge < -0.3 is 36.4 Å². The molecule has 11 heteroatoms. The smallest absolute Gasteiger partial charge is 0.252 e. The molecule has 11 nitrogen and oxygen atoms in total. The summed E-state index contributed by atoms with van der Waals surface area (Å²) in [6.45, 7) is 5.12. The third-order valence-electron chi connectivity index (χ3n) is 8.99. The van der Waals surface area contributed by atoms with Gasteiger partial charge >= 0.3 is 0 Å². The van der Waals surface area contributed by atoms with Gasteiger partial charge in [-0.05, 0) is 41.8 Å². The predicted molar refractivity (Wildman–Crippen MR) is 160 cm³/mol. The summed E-state index contributed by atoms with van der Waals surface area (Å²) < 4.78 is 0. The summed E-state index contributed by atoms with van der Waals surface area (Å²) in [6.07, 6.45) is 3.70. The normalized spacial score (nSPS) is 27.6. The van der Waals surface area contributed by atoms with Gasteiger partial charge in [-0.1, -0.05) is 42.5 Å². The zero-order valence-electron chi connectivity index (χ0n) is 23.9. The van der Waals surface area contributed by atoms with Gasteiger partial charge in [0.05, 0.1) is 12.0 Å². The number of nitrogens with one attached hydrogen (secondary N) is 2. The highest BCUT2D eigenvalue weighted by molar-refractivity contribution is 5.98. The SMILES string of the molecule is NC(=O)c1ccc(N2CCN(Cc3ccc(CNC4C=CC=C5C(=O)N(C6CCC(=O)NC6O)C(O)C54)cc3)CC2)cc1. The maximum Gasteiger partial charge on any atom is 0.252 e. The zero-order chi connectivity index (χ0) is 30.1. The van der Waals surface area contributed by atoms with Crippen LogP contribution in [-0.2, 0) is 22.7 Å². The summed E-state index contributed by atoms with van der Waals surface area (Å²) in [5, 5.41) is 27.6. The van der Waals surface area contributed by atoms with Crippen molar-refractivity contribution in [1.29, 1.82) is 0 Å². The van der Waals surface area contributed by atoms with Crippen LogP contribution in [0.15, 0.2) is 72.3 Å². The van der Waals surface area contributed by atoms with Crippen LogP contribution >= 0.6 is 0 Å². The summed E-state index contributed by atoms with van der Waals surface area (Å²) in [5.41, 5.74) is 9.80. The van der Waals surface area contributed by atoms with Crippen molar-refractivity contribution in [3.8, 4) is 0 Å². The Morgan fingerprint density at radius 2 is 1.67 bits per heavy atom. The number of fused-ring (bicyclic) bond motifs is 1. The van der Waals surface area contributed by atoms with Gasteiger partial charge in [-0.25, -0.2) is 0 Å². The number of hydrogen-bond acceptors (Lipinski definition) is 8. The van der Waals surface area contributed by atoms with Crippen LogP contribution in [0.25, 0.3) is 0 Å². The van der Waals surface area contributed by atoms with Crippen LogP contribution in [0.2, 0.25) is 0 Å². The standard InChI is InChI=1S/C32H38N6O5/c33-29(40)22-8-10-23(11-9-22)37-16-14-36(15-17-37)19-21-6-4-20(5-7-21)18-34-25-3-1-2-24-28(25)32(43)38(31(24)42)26-12-13-27(39)35-30(26)41/h1-11,25-26,28,30,32,34,41,43H,12-19H2,(H2,33,40)(H,35,39). The average Bonchev–Trinajstić information content (AvgIpc) is 3.27. The number of aliphatic hydroxyl groups is 2. The Labute approximate surface area is 250 Å². The molecular formula is C32H38N6O5. The summed E-state index contributed by atoms with van der Waals surface area (Å²) in [5.74, 6) is -1.45. The molecule has 2 aromatic rings. The lowest BCUT2D eigenvalue weighted by Crippen LogP contribution is -2.58. The van der Waals surface area contributed by atoms with E-state index >= 15 is 0 Å². The number of likely N-dealkylation sites (tertiary alicyclic amines) is 1. The van der Waals surface area contributed by atoms with Gasteiger partial charge in [-0.3, -0.25) is 19.3 Å². The van der Waals surface area contributed by atoms with E-state index in [2.05, 4.69) is 44.7 Å². The van der Waals surface area contributed by atoms with E-state index in [9.17, 15) is 24.6 Å². The Kier molecular flexibility index (Phi) is 8.31. The topological polar surface area (TPSA) is 151 Å². The second kappa shape index (κ2) is 12.3. The number of rotatable bonds is 8. The van der Waals surface area contributed by atoms with Gasteiger partial charge in [-0.2, -0.15) is 0 Å². The molecule has 3 aliphatic heterocycles. The fourth-order valence-electron chi connectivity index (χ4n) is 6.57. The van der Waals surface area contributed by atoms with Crippen molar-refractivity contribution in [2.45, 2.75) is 50.5 Å². The van der Waals surface area contributed by atoms with Crippen LogP contribution < -0.4 is 21.3 Å². The first-order chi connectivity index (χ1) is 20.8. The monoisotopic (exact) mass is 586 g/mol. The molecule has 0 radical (unpaired) electrons. The number of carbonyl (C=O) groups is 3. The lowest BCUT2D eigenvalue weighted by molar-refractivity contribution is -0.149. The minimum Gasteiger partial charge on any atom is -0.373 e. The highest BCUT2D eigenvalue weighted by atomic mass is 16.3. The van der Waals surface area contributed by atoms with E-state index in [4.69, 9.17) is 5.73 Å². The molecule has 3 saturated heterocycles. The van der Waals surface area contributed by atoms with Gasteiger partial charge in [0, 0.05) is 68.6 Å². The van der Waals surface area contributed by atoms with Crippen LogP contribution in [0.4, 0.5) is 5.69 Å². The molecular weight excluding hydrogens is 548 g/mol. The Morgan fingerprint density at radius 3 is 2.35 bits per heavy atom. The van der Waals surface area contributed by atoms with Crippen LogP contribution in [0, 0.1) is 5.92 Å². The van der Waals surface area contributed by atoms with E-state index in [1.807, 2.05) is 24.3 Å². The van der Waals surface area contributed by atoms with E-state index in [1.165, 1.54) is 10.5 Å². The number of anilines is 1. The summed E-state index contributed by atoms with van der Waals surface area (Å²) >= 11 is 0. The highest BCUT2D eigenvalue weighted by Gasteiger charge is 2.51. The molecule has 0 saturated carbocycles. The van der Waals surface area contributed by atoms with Gasteiger partial charge in [0.15, 0.2) is 0 Å². The minimum atomic E-state index is -1.20. The first-order valence-corrected chi connectivity index (χ1v) is 14.8. The molecule has 0 spiro atoms. The van der Waals surface area contributed by atoms with Crippen molar-refractivity contribution in [3.05, 3.63) is 89.0 Å². The molecule has 4 aliphatic rings. The van der Waals surface area contributed by atoms with E-state index in [-0.39, 0.29) is 24.3 Å². The molecule has 6 N–H and O–H groups in total. The number of carbonyl (C=O) groups excluding carboxylic acids is 3. The largest absolute Gasteiger partial charge is 0.373 e. The summed E-state index contributed by atoms with van der Waals surface area (Å²) in [4.78, 5) is 42.3. The fourth-order valence-corrected chi connectivity index (χ4v) is 6.57. The number of nitrogens with two attached hydrogens (primary N) is 1. The van der Waals surface area contributed by atoms with Crippen molar-refractivity contribution in [2.24, 2.45) is 11.7 Å². The van der Waals surface area contributed by atoms with Crippen molar-refractivity contribution in [3.63, 3.8) is 0 Å². The maximum absolute atomic E-state index is 13.2. The number of amides is 3. The van der Waals surface area contributed by atoms with Gasteiger partial charge in [0.25, 0.3) is 5.91 Å². The van der Waals surface area contributed by atoms with E-state index in [0.717, 1.165) is 44.0 Å². The number of primary amides is 1. The Morgan fingerprint density at radius 1 is 0.977 bits per heavy atom. The second-order valence-electron chi connectivity index (χ2n) is 11.7. The van der Waals surface area contributed by atoms with Crippen LogP contribution in [0.5, 0.6) is 0 Å².